The van der Waals surface area contributed by atoms with Crippen LogP contribution in [-0.4, -0.2) is 25.6 Å². The van der Waals surface area contributed by atoms with E-state index < -0.39 is 0 Å². The molecule has 3 heteroatoms. The molecule has 2 aliphatic carbocycles. The van der Waals surface area contributed by atoms with E-state index in [0.29, 0.717) is 31.0 Å². The van der Waals surface area contributed by atoms with Crippen LogP contribution in [0, 0.1) is 17.8 Å². The summed E-state index contributed by atoms with van der Waals surface area (Å²) < 4.78 is 11.0. The normalized spacial score (nSPS) is 32.3. The van der Waals surface area contributed by atoms with Gasteiger partial charge in [-0.3, -0.25) is 0 Å². The lowest BCUT2D eigenvalue weighted by Crippen LogP contribution is -2.38. The van der Waals surface area contributed by atoms with Crippen LogP contribution >= 0.6 is 0 Å². The quantitative estimate of drug-likeness (QED) is 0.780. The highest BCUT2D eigenvalue weighted by molar-refractivity contribution is 5.54. The Morgan fingerprint density at radius 3 is 2.41 bits per heavy atom. The summed E-state index contributed by atoms with van der Waals surface area (Å²) in [5.41, 5.74) is 1.43. The summed E-state index contributed by atoms with van der Waals surface area (Å²) in [6.45, 7) is 1.42. The van der Waals surface area contributed by atoms with Crippen molar-refractivity contribution in [2.75, 3.05) is 13.2 Å². The Morgan fingerprint density at radius 2 is 1.82 bits per heavy atom. The van der Waals surface area contributed by atoms with Gasteiger partial charge in [-0.1, -0.05) is 12.1 Å². The minimum atomic E-state index is 0.230. The maximum atomic E-state index is 11.1. The van der Waals surface area contributed by atoms with Crippen molar-refractivity contribution in [1.29, 1.82) is 0 Å². The van der Waals surface area contributed by atoms with E-state index in [1.165, 1.54) is 24.7 Å². The molecule has 0 bridgehead atoms. The van der Waals surface area contributed by atoms with E-state index in [1.807, 2.05) is 0 Å². The third-order valence-electron chi connectivity index (χ3n) is 5.58. The Labute approximate surface area is 132 Å². The predicted molar refractivity (Wildman–Crippen MR) is 84.0 cm³/mol. The summed E-state index contributed by atoms with van der Waals surface area (Å²) in [7, 11) is 0. The SMILES string of the molecule is O=CC1CCC(c2ccc(OC3COC3)cc2)C(C2CC2)C1. The van der Waals surface area contributed by atoms with Gasteiger partial charge in [0.1, 0.15) is 18.1 Å². The molecule has 0 N–H and O–H groups in total. The highest BCUT2D eigenvalue weighted by Crippen LogP contribution is 2.51. The van der Waals surface area contributed by atoms with Gasteiger partial charge in [0.25, 0.3) is 0 Å². The fraction of sp³-hybridized carbons (Fsp3) is 0.632. The second-order valence-electron chi connectivity index (χ2n) is 7.16. The molecule has 22 heavy (non-hydrogen) atoms. The summed E-state index contributed by atoms with van der Waals surface area (Å²) in [4.78, 5) is 11.1. The molecule has 1 aliphatic heterocycles. The first-order valence-electron chi connectivity index (χ1n) is 8.63. The molecule has 1 aromatic carbocycles. The molecule has 2 saturated carbocycles. The van der Waals surface area contributed by atoms with Gasteiger partial charge in [0.05, 0.1) is 13.2 Å². The number of rotatable bonds is 5. The van der Waals surface area contributed by atoms with Gasteiger partial charge >= 0.3 is 0 Å². The number of aldehydes is 1. The molecule has 0 aromatic heterocycles. The van der Waals surface area contributed by atoms with Crippen LogP contribution in [0.15, 0.2) is 24.3 Å². The van der Waals surface area contributed by atoms with Gasteiger partial charge in [-0.2, -0.15) is 0 Å². The molecule has 1 aromatic rings. The van der Waals surface area contributed by atoms with Crippen LogP contribution in [0.2, 0.25) is 0 Å². The number of hydrogen-bond donors (Lipinski definition) is 0. The van der Waals surface area contributed by atoms with Crippen molar-refractivity contribution < 1.29 is 14.3 Å². The molecule has 3 aliphatic rings. The molecule has 0 spiro atoms. The molecule has 0 radical (unpaired) electrons. The van der Waals surface area contributed by atoms with Crippen molar-refractivity contribution in [1.82, 2.24) is 0 Å². The Morgan fingerprint density at radius 1 is 1.05 bits per heavy atom. The van der Waals surface area contributed by atoms with Crippen LogP contribution in [0.25, 0.3) is 0 Å². The average molecular weight is 300 g/mol. The van der Waals surface area contributed by atoms with Crippen LogP contribution in [0.1, 0.15) is 43.6 Å². The number of carbonyl (C=O) groups is 1. The smallest absolute Gasteiger partial charge is 0.145 e. The predicted octanol–water partition coefficient (Wildman–Crippen LogP) is 3.57. The lowest BCUT2D eigenvalue weighted by molar-refractivity contribution is -0.112. The fourth-order valence-electron chi connectivity index (χ4n) is 4.09. The van der Waals surface area contributed by atoms with Gasteiger partial charge in [-0.05, 0) is 67.6 Å². The Balaban J connectivity index is 1.46. The lowest BCUT2D eigenvalue weighted by atomic mass is 9.69. The molecule has 1 heterocycles. The summed E-state index contributed by atoms with van der Waals surface area (Å²) in [6.07, 6.45) is 7.43. The van der Waals surface area contributed by atoms with Gasteiger partial charge in [0, 0.05) is 5.92 Å². The van der Waals surface area contributed by atoms with Crippen molar-refractivity contribution >= 4 is 6.29 Å². The maximum absolute atomic E-state index is 11.1. The number of carbonyl (C=O) groups excluding carboxylic acids is 1. The van der Waals surface area contributed by atoms with Crippen LogP contribution in [0.4, 0.5) is 0 Å². The standard InChI is InChI=1S/C19H24O3/c20-10-13-1-8-18(19(9-13)15-2-3-15)14-4-6-16(7-5-14)22-17-11-21-12-17/h4-7,10,13,15,17-19H,1-3,8-9,11-12H2. The highest BCUT2D eigenvalue weighted by atomic mass is 16.6. The number of hydrogen-bond acceptors (Lipinski definition) is 3. The molecular formula is C19H24O3. The first-order valence-corrected chi connectivity index (χ1v) is 8.63. The van der Waals surface area contributed by atoms with Crippen molar-refractivity contribution in [3.8, 4) is 5.75 Å². The lowest BCUT2D eigenvalue weighted by Gasteiger charge is -2.35. The van der Waals surface area contributed by atoms with E-state index in [2.05, 4.69) is 24.3 Å². The largest absolute Gasteiger partial charge is 0.486 e. The monoisotopic (exact) mass is 300 g/mol. The van der Waals surface area contributed by atoms with Crippen LogP contribution in [0.5, 0.6) is 5.75 Å². The van der Waals surface area contributed by atoms with Gasteiger partial charge in [-0.15, -0.1) is 0 Å². The van der Waals surface area contributed by atoms with Crippen molar-refractivity contribution in [2.45, 2.75) is 44.1 Å². The van der Waals surface area contributed by atoms with Gasteiger partial charge in [-0.25, -0.2) is 0 Å². The molecule has 118 valence electrons. The van der Waals surface area contributed by atoms with Gasteiger partial charge in [0.15, 0.2) is 0 Å². The fourth-order valence-corrected chi connectivity index (χ4v) is 4.09. The van der Waals surface area contributed by atoms with Crippen LogP contribution < -0.4 is 4.74 Å². The van der Waals surface area contributed by atoms with E-state index in [0.717, 1.165) is 30.9 Å². The van der Waals surface area contributed by atoms with Gasteiger partial charge in [0.2, 0.25) is 0 Å². The summed E-state index contributed by atoms with van der Waals surface area (Å²) >= 11 is 0. The number of benzene rings is 1. The van der Waals surface area contributed by atoms with E-state index in [1.54, 1.807) is 0 Å². The van der Waals surface area contributed by atoms with Crippen LogP contribution in [-0.2, 0) is 9.53 Å². The summed E-state index contributed by atoms with van der Waals surface area (Å²) in [5, 5.41) is 0. The van der Waals surface area contributed by atoms with Crippen molar-refractivity contribution in [2.24, 2.45) is 17.8 Å². The Kier molecular flexibility index (Phi) is 3.91. The zero-order valence-corrected chi connectivity index (χ0v) is 12.9. The highest BCUT2D eigenvalue weighted by Gasteiger charge is 2.40. The second kappa shape index (κ2) is 6.04. The zero-order chi connectivity index (χ0) is 14.9. The molecule has 3 fully saturated rings. The minimum Gasteiger partial charge on any atom is -0.486 e. The van der Waals surface area contributed by atoms with Gasteiger partial charge < -0.3 is 14.3 Å². The third-order valence-corrected chi connectivity index (χ3v) is 5.58. The van der Waals surface area contributed by atoms with E-state index in [-0.39, 0.29) is 6.10 Å². The number of ether oxygens (including phenoxy) is 2. The maximum Gasteiger partial charge on any atom is 0.145 e. The summed E-state index contributed by atoms with van der Waals surface area (Å²) in [5.74, 6) is 3.43. The average Bonchev–Trinajstić information content (AvgIpc) is 3.36. The molecule has 0 amide bonds. The Hall–Kier alpha value is -1.35. The van der Waals surface area contributed by atoms with E-state index >= 15 is 0 Å². The molecule has 3 unspecified atom stereocenters. The summed E-state index contributed by atoms with van der Waals surface area (Å²) in [6, 6.07) is 8.67. The molecule has 3 atom stereocenters. The first kappa shape index (κ1) is 14.3. The van der Waals surface area contributed by atoms with Crippen molar-refractivity contribution in [3.63, 3.8) is 0 Å². The Bertz CT molecular complexity index is 516. The van der Waals surface area contributed by atoms with Crippen LogP contribution in [0.3, 0.4) is 0 Å². The first-order chi connectivity index (χ1) is 10.8. The topological polar surface area (TPSA) is 35.5 Å². The third kappa shape index (κ3) is 2.91. The second-order valence-corrected chi connectivity index (χ2v) is 7.16. The molecule has 3 nitrogen and oxygen atoms in total. The van der Waals surface area contributed by atoms with E-state index in [4.69, 9.17) is 9.47 Å². The van der Waals surface area contributed by atoms with Crippen molar-refractivity contribution in [3.05, 3.63) is 29.8 Å². The minimum absolute atomic E-state index is 0.230. The molecular weight excluding hydrogens is 276 g/mol. The molecule has 1 saturated heterocycles. The zero-order valence-electron chi connectivity index (χ0n) is 12.9. The van der Waals surface area contributed by atoms with E-state index in [9.17, 15) is 4.79 Å². The molecule has 4 rings (SSSR count).